The van der Waals surface area contributed by atoms with Crippen molar-refractivity contribution in [1.29, 1.82) is 0 Å². The molecule has 1 amide bonds. The molecule has 16 heavy (non-hydrogen) atoms. The van der Waals surface area contributed by atoms with Gasteiger partial charge in [0.1, 0.15) is 0 Å². The molecule has 1 aromatic heterocycles. The highest BCUT2D eigenvalue weighted by atomic mass is 16.5. The fraction of sp³-hybridized carbons (Fsp3) is 0.600. The zero-order chi connectivity index (χ0) is 12.0. The number of nitrogens with zero attached hydrogens (tertiary/aromatic N) is 1. The molecule has 90 valence electrons. The number of carbonyl (C=O) groups is 1. The number of amides is 1. The highest BCUT2D eigenvalue weighted by Crippen LogP contribution is 2.03. The SMILES string of the molecule is COCC(CCO)NC(=O)c1cc(C)no1. The average molecular weight is 228 g/mol. The van der Waals surface area contributed by atoms with Gasteiger partial charge < -0.3 is 19.7 Å². The highest BCUT2D eigenvalue weighted by Gasteiger charge is 2.16. The Morgan fingerprint density at radius 1 is 1.75 bits per heavy atom. The zero-order valence-corrected chi connectivity index (χ0v) is 9.40. The van der Waals surface area contributed by atoms with Crippen LogP contribution < -0.4 is 5.32 Å². The molecule has 0 spiro atoms. The first kappa shape index (κ1) is 12.7. The van der Waals surface area contributed by atoms with E-state index in [0.29, 0.717) is 18.7 Å². The van der Waals surface area contributed by atoms with Crippen LogP contribution in [0.3, 0.4) is 0 Å². The van der Waals surface area contributed by atoms with Crippen molar-refractivity contribution in [2.45, 2.75) is 19.4 Å². The molecule has 1 heterocycles. The molecule has 1 atom stereocenters. The molecule has 1 unspecified atom stereocenters. The molecule has 0 aliphatic heterocycles. The van der Waals surface area contributed by atoms with Crippen LogP contribution in [0.1, 0.15) is 22.7 Å². The molecule has 0 fully saturated rings. The number of aromatic nitrogens is 1. The summed E-state index contributed by atoms with van der Waals surface area (Å²) < 4.78 is 9.74. The molecule has 6 heteroatoms. The van der Waals surface area contributed by atoms with E-state index in [1.807, 2.05) is 0 Å². The second-order valence-corrected chi connectivity index (χ2v) is 3.47. The molecule has 6 nitrogen and oxygen atoms in total. The van der Waals surface area contributed by atoms with Gasteiger partial charge in [0.15, 0.2) is 0 Å². The number of carbonyl (C=O) groups excluding carboxylic acids is 1. The van der Waals surface area contributed by atoms with Gasteiger partial charge in [-0.1, -0.05) is 5.16 Å². The van der Waals surface area contributed by atoms with Crippen LogP contribution in [0.15, 0.2) is 10.6 Å². The van der Waals surface area contributed by atoms with Crippen molar-refractivity contribution < 1.29 is 19.2 Å². The topological polar surface area (TPSA) is 84.6 Å². The van der Waals surface area contributed by atoms with Gasteiger partial charge in [0.05, 0.1) is 18.3 Å². The highest BCUT2D eigenvalue weighted by molar-refractivity contribution is 5.91. The molecular weight excluding hydrogens is 212 g/mol. The lowest BCUT2D eigenvalue weighted by Crippen LogP contribution is -2.38. The first-order chi connectivity index (χ1) is 7.67. The predicted octanol–water partition coefficient (Wildman–Crippen LogP) is 0.110. The summed E-state index contributed by atoms with van der Waals surface area (Å²) in [6.45, 7) is 2.07. The summed E-state index contributed by atoms with van der Waals surface area (Å²) in [6, 6.07) is 1.32. The Kier molecular flexibility index (Phi) is 4.94. The molecule has 0 saturated carbocycles. The molecule has 2 N–H and O–H groups in total. The van der Waals surface area contributed by atoms with Gasteiger partial charge in [-0.05, 0) is 13.3 Å². The summed E-state index contributed by atoms with van der Waals surface area (Å²) in [7, 11) is 1.54. The van der Waals surface area contributed by atoms with Crippen molar-refractivity contribution in [2.75, 3.05) is 20.3 Å². The Labute approximate surface area is 93.6 Å². The van der Waals surface area contributed by atoms with Crippen LogP contribution in [0, 0.1) is 6.92 Å². The van der Waals surface area contributed by atoms with Crippen molar-refractivity contribution in [1.82, 2.24) is 10.5 Å². The summed E-state index contributed by atoms with van der Waals surface area (Å²) in [4.78, 5) is 11.6. The van der Waals surface area contributed by atoms with E-state index in [9.17, 15) is 4.79 Å². The molecule has 1 aromatic rings. The van der Waals surface area contributed by atoms with Gasteiger partial charge in [-0.15, -0.1) is 0 Å². The third-order valence-corrected chi connectivity index (χ3v) is 2.03. The van der Waals surface area contributed by atoms with E-state index in [1.165, 1.54) is 7.11 Å². The first-order valence-electron chi connectivity index (χ1n) is 5.01. The maximum absolute atomic E-state index is 11.6. The van der Waals surface area contributed by atoms with Crippen molar-refractivity contribution in [2.24, 2.45) is 0 Å². The van der Waals surface area contributed by atoms with Gasteiger partial charge in [-0.3, -0.25) is 4.79 Å². The smallest absolute Gasteiger partial charge is 0.290 e. The molecule has 1 rings (SSSR count). The minimum absolute atomic E-state index is 0.0102. The number of aliphatic hydroxyl groups excluding tert-OH is 1. The molecule has 0 bridgehead atoms. The Morgan fingerprint density at radius 2 is 2.50 bits per heavy atom. The van der Waals surface area contributed by atoms with Gasteiger partial charge in [-0.2, -0.15) is 0 Å². The van der Waals surface area contributed by atoms with E-state index in [1.54, 1.807) is 13.0 Å². The van der Waals surface area contributed by atoms with Crippen LogP contribution >= 0.6 is 0 Å². The van der Waals surface area contributed by atoms with E-state index in [0.717, 1.165) is 0 Å². The van der Waals surface area contributed by atoms with E-state index in [-0.39, 0.29) is 24.3 Å². The molecule has 0 radical (unpaired) electrons. The van der Waals surface area contributed by atoms with Crippen LogP contribution in [-0.2, 0) is 4.74 Å². The quantitative estimate of drug-likeness (QED) is 0.722. The third-order valence-electron chi connectivity index (χ3n) is 2.03. The van der Waals surface area contributed by atoms with Crippen molar-refractivity contribution in [3.8, 4) is 0 Å². The van der Waals surface area contributed by atoms with E-state index < -0.39 is 0 Å². The number of aryl methyl sites for hydroxylation is 1. The van der Waals surface area contributed by atoms with Gasteiger partial charge in [0, 0.05) is 19.8 Å². The van der Waals surface area contributed by atoms with Gasteiger partial charge in [0.25, 0.3) is 5.91 Å². The fourth-order valence-corrected chi connectivity index (χ4v) is 1.28. The van der Waals surface area contributed by atoms with Gasteiger partial charge >= 0.3 is 0 Å². The Hall–Kier alpha value is -1.40. The van der Waals surface area contributed by atoms with E-state index >= 15 is 0 Å². The van der Waals surface area contributed by atoms with Crippen LogP contribution in [0.2, 0.25) is 0 Å². The summed E-state index contributed by atoms with van der Waals surface area (Å²) in [5.74, 6) is -0.187. The van der Waals surface area contributed by atoms with Crippen molar-refractivity contribution in [3.05, 3.63) is 17.5 Å². The first-order valence-corrected chi connectivity index (χ1v) is 5.01. The standard InChI is InChI=1S/C10H16N2O4/c1-7-5-9(16-12-7)10(14)11-8(3-4-13)6-15-2/h5,8,13H,3-4,6H2,1-2H3,(H,11,14). The van der Waals surface area contributed by atoms with Gasteiger partial charge in [-0.25, -0.2) is 0 Å². The number of nitrogens with one attached hydrogen (secondary N) is 1. The Morgan fingerprint density at radius 3 is 3.00 bits per heavy atom. The van der Waals surface area contributed by atoms with Crippen LogP contribution in [0.5, 0.6) is 0 Å². The number of aliphatic hydroxyl groups is 1. The summed E-state index contributed by atoms with van der Waals surface area (Å²) in [6.07, 6.45) is 0.437. The molecule has 0 saturated heterocycles. The second kappa shape index (κ2) is 6.24. The third kappa shape index (κ3) is 3.63. The molecule has 0 aliphatic rings. The van der Waals surface area contributed by atoms with Crippen LogP contribution in [-0.4, -0.2) is 42.5 Å². The minimum Gasteiger partial charge on any atom is -0.396 e. The van der Waals surface area contributed by atoms with Crippen LogP contribution in [0.25, 0.3) is 0 Å². The summed E-state index contributed by atoms with van der Waals surface area (Å²) in [5, 5.41) is 15.1. The monoisotopic (exact) mass is 228 g/mol. The largest absolute Gasteiger partial charge is 0.396 e. The van der Waals surface area contributed by atoms with E-state index in [2.05, 4.69) is 10.5 Å². The maximum Gasteiger partial charge on any atom is 0.290 e. The van der Waals surface area contributed by atoms with Gasteiger partial charge in [0.2, 0.25) is 5.76 Å². The lowest BCUT2D eigenvalue weighted by Gasteiger charge is -2.15. The number of methoxy groups -OCH3 is 1. The van der Waals surface area contributed by atoms with Crippen LogP contribution in [0.4, 0.5) is 0 Å². The zero-order valence-electron chi connectivity index (χ0n) is 9.40. The lowest BCUT2D eigenvalue weighted by molar-refractivity contribution is 0.0843. The second-order valence-electron chi connectivity index (χ2n) is 3.47. The number of hydrogen-bond acceptors (Lipinski definition) is 5. The maximum atomic E-state index is 11.6. The molecular formula is C10H16N2O4. The Balaban J connectivity index is 2.54. The number of hydrogen-bond donors (Lipinski definition) is 2. The molecule has 0 aliphatic carbocycles. The summed E-state index contributed by atoms with van der Waals surface area (Å²) in [5.41, 5.74) is 0.649. The fourth-order valence-electron chi connectivity index (χ4n) is 1.28. The summed E-state index contributed by atoms with van der Waals surface area (Å²) >= 11 is 0. The lowest BCUT2D eigenvalue weighted by atomic mass is 10.2. The number of rotatable bonds is 6. The number of ether oxygens (including phenoxy) is 1. The normalized spacial score (nSPS) is 12.4. The minimum atomic E-state index is -0.351. The van der Waals surface area contributed by atoms with Crippen molar-refractivity contribution >= 4 is 5.91 Å². The van der Waals surface area contributed by atoms with Crippen molar-refractivity contribution in [3.63, 3.8) is 0 Å². The van der Waals surface area contributed by atoms with E-state index in [4.69, 9.17) is 14.4 Å². The average Bonchev–Trinajstić information content (AvgIpc) is 2.65. The molecule has 0 aromatic carbocycles. The predicted molar refractivity (Wildman–Crippen MR) is 56.1 cm³/mol. The Bertz CT molecular complexity index is 331.